The van der Waals surface area contributed by atoms with E-state index in [0.717, 1.165) is 28.4 Å². The zero-order valence-electron chi connectivity index (χ0n) is 13.5. The fourth-order valence-corrected chi connectivity index (χ4v) is 2.87. The lowest BCUT2D eigenvalue weighted by Gasteiger charge is -2.09. The van der Waals surface area contributed by atoms with E-state index in [1.165, 1.54) is 5.56 Å². The van der Waals surface area contributed by atoms with Crippen LogP contribution in [0.15, 0.2) is 42.6 Å². The molecule has 1 heterocycles. The standard InChI is InChI=1S/C19H17ClN2O2/c1-12-3-5-16(7-13(12)2)21-19(24)10-22-9-14(11-23)17-8-15(20)4-6-18(17)22/h3-9,11H,10H2,1-2H3,(H,21,24). The lowest BCUT2D eigenvalue weighted by atomic mass is 10.1. The minimum Gasteiger partial charge on any atom is -0.337 e. The molecular weight excluding hydrogens is 324 g/mol. The summed E-state index contributed by atoms with van der Waals surface area (Å²) >= 11 is 5.99. The van der Waals surface area contributed by atoms with Crippen molar-refractivity contribution in [2.45, 2.75) is 20.4 Å². The summed E-state index contributed by atoms with van der Waals surface area (Å²) in [5, 5.41) is 4.19. The van der Waals surface area contributed by atoms with Crippen molar-refractivity contribution in [2.24, 2.45) is 0 Å². The second-order valence-electron chi connectivity index (χ2n) is 5.84. The number of benzene rings is 2. The smallest absolute Gasteiger partial charge is 0.244 e. The third kappa shape index (κ3) is 3.19. The Morgan fingerprint density at radius 3 is 2.67 bits per heavy atom. The number of carbonyl (C=O) groups is 2. The van der Waals surface area contributed by atoms with Gasteiger partial charge in [-0.1, -0.05) is 17.7 Å². The van der Waals surface area contributed by atoms with Gasteiger partial charge in [-0.15, -0.1) is 0 Å². The molecule has 1 aromatic heterocycles. The van der Waals surface area contributed by atoms with E-state index in [1.807, 2.05) is 38.1 Å². The molecule has 0 atom stereocenters. The van der Waals surface area contributed by atoms with Crippen molar-refractivity contribution in [1.82, 2.24) is 4.57 Å². The number of aldehydes is 1. The maximum absolute atomic E-state index is 12.3. The van der Waals surface area contributed by atoms with Crippen LogP contribution in [0.2, 0.25) is 5.02 Å². The van der Waals surface area contributed by atoms with E-state index in [9.17, 15) is 9.59 Å². The number of fused-ring (bicyclic) bond motifs is 1. The highest BCUT2D eigenvalue weighted by Gasteiger charge is 2.11. The van der Waals surface area contributed by atoms with Crippen LogP contribution in [0.25, 0.3) is 10.9 Å². The number of nitrogens with zero attached hydrogens (tertiary/aromatic N) is 1. The first-order valence-corrected chi connectivity index (χ1v) is 7.96. The summed E-state index contributed by atoms with van der Waals surface area (Å²) in [6, 6.07) is 11.1. The number of nitrogens with one attached hydrogen (secondary N) is 1. The van der Waals surface area contributed by atoms with E-state index in [-0.39, 0.29) is 12.5 Å². The SMILES string of the molecule is Cc1ccc(NC(=O)Cn2cc(C=O)c3cc(Cl)ccc32)cc1C. The Balaban J connectivity index is 1.85. The molecule has 24 heavy (non-hydrogen) atoms. The van der Waals surface area contributed by atoms with E-state index < -0.39 is 0 Å². The van der Waals surface area contributed by atoms with Crippen LogP contribution in [0.5, 0.6) is 0 Å². The fourth-order valence-electron chi connectivity index (χ4n) is 2.70. The van der Waals surface area contributed by atoms with Crippen molar-refractivity contribution in [3.05, 3.63) is 64.3 Å². The number of rotatable bonds is 4. The van der Waals surface area contributed by atoms with E-state index in [1.54, 1.807) is 22.9 Å². The van der Waals surface area contributed by atoms with E-state index in [4.69, 9.17) is 11.6 Å². The first-order valence-electron chi connectivity index (χ1n) is 7.58. The van der Waals surface area contributed by atoms with E-state index in [0.29, 0.717) is 10.6 Å². The number of carbonyl (C=O) groups excluding carboxylic acids is 2. The molecule has 0 radical (unpaired) electrons. The first kappa shape index (κ1) is 16.3. The van der Waals surface area contributed by atoms with Gasteiger partial charge in [-0.3, -0.25) is 9.59 Å². The number of hydrogen-bond acceptors (Lipinski definition) is 2. The number of halogens is 1. The molecule has 0 aliphatic heterocycles. The van der Waals surface area contributed by atoms with Crippen molar-refractivity contribution in [1.29, 1.82) is 0 Å². The van der Waals surface area contributed by atoms with Crippen LogP contribution >= 0.6 is 11.6 Å². The summed E-state index contributed by atoms with van der Waals surface area (Å²) in [6.45, 7) is 4.16. The molecule has 5 heteroatoms. The molecule has 0 saturated carbocycles. The van der Waals surface area contributed by atoms with Gasteiger partial charge in [-0.2, -0.15) is 0 Å². The monoisotopic (exact) mass is 340 g/mol. The van der Waals surface area contributed by atoms with Crippen molar-refractivity contribution in [2.75, 3.05) is 5.32 Å². The molecule has 0 spiro atoms. The van der Waals surface area contributed by atoms with Gasteiger partial charge in [-0.25, -0.2) is 0 Å². The van der Waals surface area contributed by atoms with Gasteiger partial charge in [0.2, 0.25) is 5.91 Å². The van der Waals surface area contributed by atoms with Gasteiger partial charge in [0.05, 0.1) is 0 Å². The minimum absolute atomic E-state index is 0.124. The van der Waals surface area contributed by atoms with Crippen LogP contribution in [0, 0.1) is 13.8 Å². The van der Waals surface area contributed by atoms with Gasteiger partial charge in [0.25, 0.3) is 0 Å². The predicted molar refractivity (Wildman–Crippen MR) is 96.9 cm³/mol. The average molecular weight is 341 g/mol. The number of aryl methyl sites for hydroxylation is 2. The second kappa shape index (κ2) is 6.49. The average Bonchev–Trinajstić information content (AvgIpc) is 2.87. The molecule has 2 aromatic carbocycles. The van der Waals surface area contributed by atoms with Crippen molar-refractivity contribution >= 4 is 40.4 Å². The molecule has 0 fully saturated rings. The van der Waals surface area contributed by atoms with Crippen LogP contribution in [0.4, 0.5) is 5.69 Å². The zero-order chi connectivity index (χ0) is 17.3. The maximum Gasteiger partial charge on any atom is 0.244 e. The normalized spacial score (nSPS) is 10.8. The third-order valence-electron chi connectivity index (χ3n) is 4.11. The Hall–Kier alpha value is -2.59. The summed E-state index contributed by atoms with van der Waals surface area (Å²) in [5.74, 6) is -0.150. The van der Waals surface area contributed by atoms with Crippen LogP contribution in [0.3, 0.4) is 0 Å². The zero-order valence-corrected chi connectivity index (χ0v) is 14.2. The van der Waals surface area contributed by atoms with Crippen LogP contribution < -0.4 is 5.32 Å². The van der Waals surface area contributed by atoms with E-state index >= 15 is 0 Å². The molecule has 0 saturated heterocycles. The van der Waals surface area contributed by atoms with Gasteiger partial charge in [-0.05, 0) is 55.3 Å². The number of anilines is 1. The fraction of sp³-hybridized carbons (Fsp3) is 0.158. The maximum atomic E-state index is 12.3. The van der Waals surface area contributed by atoms with Gasteiger partial charge in [0.15, 0.2) is 6.29 Å². The lowest BCUT2D eigenvalue weighted by Crippen LogP contribution is -2.18. The largest absolute Gasteiger partial charge is 0.337 e. The van der Waals surface area contributed by atoms with Gasteiger partial charge in [0, 0.05) is 33.4 Å². The number of aromatic nitrogens is 1. The molecule has 122 valence electrons. The first-order chi connectivity index (χ1) is 11.5. The quantitative estimate of drug-likeness (QED) is 0.717. The predicted octanol–water partition coefficient (Wildman–Crippen LogP) is 4.36. The van der Waals surface area contributed by atoms with E-state index in [2.05, 4.69) is 5.32 Å². The molecule has 3 aromatic rings. The van der Waals surface area contributed by atoms with Gasteiger partial charge >= 0.3 is 0 Å². The van der Waals surface area contributed by atoms with Gasteiger partial charge < -0.3 is 9.88 Å². The molecule has 0 unspecified atom stereocenters. The van der Waals surface area contributed by atoms with Crippen molar-refractivity contribution in [3.63, 3.8) is 0 Å². The second-order valence-corrected chi connectivity index (χ2v) is 6.28. The molecule has 0 aliphatic rings. The van der Waals surface area contributed by atoms with Crippen LogP contribution in [0.1, 0.15) is 21.5 Å². The van der Waals surface area contributed by atoms with Crippen molar-refractivity contribution < 1.29 is 9.59 Å². The summed E-state index contributed by atoms with van der Waals surface area (Å²) in [6.07, 6.45) is 2.45. The molecule has 1 amide bonds. The van der Waals surface area contributed by atoms with Crippen LogP contribution in [-0.2, 0) is 11.3 Å². The Labute approximate surface area is 145 Å². The minimum atomic E-state index is -0.150. The highest BCUT2D eigenvalue weighted by atomic mass is 35.5. The summed E-state index contributed by atoms with van der Waals surface area (Å²) in [7, 11) is 0. The summed E-state index contributed by atoms with van der Waals surface area (Å²) in [5.41, 5.74) is 4.38. The third-order valence-corrected chi connectivity index (χ3v) is 4.34. The number of hydrogen-bond donors (Lipinski definition) is 1. The Bertz CT molecular complexity index is 944. The Kier molecular flexibility index (Phi) is 4.40. The molecule has 3 rings (SSSR count). The Morgan fingerprint density at radius 2 is 1.96 bits per heavy atom. The summed E-state index contributed by atoms with van der Waals surface area (Å²) < 4.78 is 1.76. The molecule has 0 bridgehead atoms. The number of amides is 1. The molecule has 0 aliphatic carbocycles. The molecular formula is C19H17ClN2O2. The Morgan fingerprint density at radius 1 is 1.17 bits per heavy atom. The molecule has 4 nitrogen and oxygen atoms in total. The van der Waals surface area contributed by atoms with Crippen molar-refractivity contribution in [3.8, 4) is 0 Å². The topological polar surface area (TPSA) is 51.1 Å². The molecule has 1 N–H and O–H groups in total. The highest BCUT2D eigenvalue weighted by Crippen LogP contribution is 2.24. The highest BCUT2D eigenvalue weighted by molar-refractivity contribution is 6.31. The van der Waals surface area contributed by atoms with Crippen LogP contribution in [-0.4, -0.2) is 16.8 Å². The lowest BCUT2D eigenvalue weighted by molar-refractivity contribution is -0.116. The van der Waals surface area contributed by atoms with Gasteiger partial charge in [0.1, 0.15) is 6.54 Å². The summed E-state index contributed by atoms with van der Waals surface area (Å²) in [4.78, 5) is 23.6.